The van der Waals surface area contributed by atoms with E-state index in [-0.39, 0.29) is 11.3 Å². The molecule has 0 spiro atoms. The number of halogens is 1. The van der Waals surface area contributed by atoms with Crippen molar-refractivity contribution >= 4 is 11.7 Å². The van der Waals surface area contributed by atoms with Crippen LogP contribution < -0.4 is 10.2 Å². The Bertz CT molecular complexity index is 488. The number of benzene rings is 1. The van der Waals surface area contributed by atoms with Crippen LogP contribution in [-0.2, 0) is 4.79 Å². The van der Waals surface area contributed by atoms with E-state index in [4.69, 9.17) is 5.11 Å². The zero-order valence-corrected chi connectivity index (χ0v) is 9.12. The summed E-state index contributed by atoms with van der Waals surface area (Å²) in [5, 5.41) is 30.8. The van der Waals surface area contributed by atoms with Crippen LogP contribution >= 0.6 is 0 Å². The monoisotopic (exact) mass is 254 g/mol. The van der Waals surface area contributed by atoms with Crippen molar-refractivity contribution in [3.8, 4) is 0 Å². The molecule has 1 aromatic rings. The predicted octanol–water partition coefficient (Wildman–Crippen LogP) is -0.202. The number of nitrogens with one attached hydrogen (secondary N) is 1. The Morgan fingerprint density at radius 3 is 2.44 bits per heavy atom. The van der Waals surface area contributed by atoms with Gasteiger partial charge in [-0.1, -0.05) is 0 Å². The third-order valence-corrected chi connectivity index (χ3v) is 2.56. The van der Waals surface area contributed by atoms with Crippen LogP contribution in [0.3, 0.4) is 0 Å². The van der Waals surface area contributed by atoms with E-state index in [0.29, 0.717) is 0 Å². The van der Waals surface area contributed by atoms with E-state index in [2.05, 4.69) is 5.32 Å². The van der Waals surface area contributed by atoms with Crippen LogP contribution in [0.5, 0.6) is 0 Å². The van der Waals surface area contributed by atoms with E-state index in [0.717, 1.165) is 23.2 Å². The molecule has 18 heavy (non-hydrogen) atoms. The molecule has 0 aliphatic carbocycles. The molecule has 0 radical (unpaired) electrons. The van der Waals surface area contributed by atoms with Gasteiger partial charge in [-0.25, -0.2) is 9.18 Å². The maximum absolute atomic E-state index is 12.8. The fraction of sp³-hybridized carbons (Fsp3) is 0.182. The molecule has 2 rings (SSSR count). The molecule has 1 aliphatic rings. The predicted molar refractivity (Wildman–Crippen MR) is 59.7 cm³/mol. The summed E-state index contributed by atoms with van der Waals surface area (Å²) in [5.74, 6) is -1.78. The summed E-state index contributed by atoms with van der Waals surface area (Å²) in [6.07, 6.45) is -1.80. The van der Waals surface area contributed by atoms with Crippen LogP contribution in [0.1, 0.15) is 0 Å². The number of aliphatic hydroxyl groups is 2. The van der Waals surface area contributed by atoms with Gasteiger partial charge in [-0.15, -0.1) is 0 Å². The van der Waals surface area contributed by atoms with Crippen LogP contribution in [0.4, 0.5) is 10.1 Å². The van der Waals surface area contributed by atoms with Crippen molar-refractivity contribution in [2.45, 2.75) is 12.6 Å². The molecular weight excluding hydrogens is 243 g/mol. The van der Waals surface area contributed by atoms with Crippen molar-refractivity contribution in [1.82, 2.24) is 5.32 Å². The normalized spacial score (nSPS) is 23.3. The zero-order chi connectivity index (χ0) is 13.3. The highest BCUT2D eigenvalue weighted by atomic mass is 19.1. The first-order chi connectivity index (χ1) is 8.50. The lowest BCUT2D eigenvalue weighted by Crippen LogP contribution is -2.55. The number of anilines is 1. The number of carboxylic acid groups (broad SMARTS) is 1. The van der Waals surface area contributed by atoms with Crippen LogP contribution in [-0.4, -0.2) is 33.9 Å². The van der Waals surface area contributed by atoms with Gasteiger partial charge >= 0.3 is 5.97 Å². The van der Waals surface area contributed by atoms with Crippen LogP contribution in [0.15, 0.2) is 36.0 Å². The minimum atomic E-state index is -1.52. The topological polar surface area (TPSA) is 93.0 Å². The third kappa shape index (κ3) is 2.13. The number of aliphatic hydroxyl groups excluding tert-OH is 2. The largest absolute Gasteiger partial charge is 0.478 e. The van der Waals surface area contributed by atoms with Gasteiger partial charge in [0.25, 0.3) is 0 Å². The molecule has 4 N–H and O–H groups in total. The van der Waals surface area contributed by atoms with Crippen LogP contribution in [0, 0.1) is 5.82 Å². The van der Waals surface area contributed by atoms with E-state index >= 15 is 0 Å². The van der Waals surface area contributed by atoms with Crippen molar-refractivity contribution < 1.29 is 24.5 Å². The summed E-state index contributed by atoms with van der Waals surface area (Å²) in [5.41, 5.74) is -0.0274. The molecule has 0 bridgehead atoms. The summed E-state index contributed by atoms with van der Waals surface area (Å²) in [4.78, 5) is 11.9. The van der Waals surface area contributed by atoms with Gasteiger partial charge in [-0.3, -0.25) is 4.90 Å². The number of carbonyl (C=O) groups is 1. The number of hydrogen-bond donors (Lipinski definition) is 4. The van der Waals surface area contributed by atoms with Gasteiger partial charge < -0.3 is 20.6 Å². The summed E-state index contributed by atoms with van der Waals surface area (Å²) >= 11 is 0. The first kappa shape index (κ1) is 12.3. The summed E-state index contributed by atoms with van der Waals surface area (Å²) in [6, 6.07) is 4.95. The van der Waals surface area contributed by atoms with E-state index in [1.165, 1.54) is 12.1 Å². The van der Waals surface area contributed by atoms with Crippen molar-refractivity contribution in [1.29, 1.82) is 0 Å². The van der Waals surface area contributed by atoms with Crippen molar-refractivity contribution in [3.05, 3.63) is 41.9 Å². The Morgan fingerprint density at radius 1 is 1.28 bits per heavy atom. The zero-order valence-electron chi connectivity index (χ0n) is 9.12. The Balaban J connectivity index is 2.34. The SMILES string of the molecule is O=C(O)C1=CNC(O)N(c2ccc(F)cc2)C1O. The minimum absolute atomic E-state index is 0.288. The van der Waals surface area contributed by atoms with Gasteiger partial charge in [0, 0.05) is 11.9 Å². The molecule has 0 amide bonds. The molecular formula is C11H11FN2O4. The standard InChI is InChI=1S/C11H11FN2O4/c12-6-1-3-7(4-2-6)14-9(15)8(10(16)17)5-13-11(14)18/h1-5,9,11,13,15,18H,(H,16,17). The van der Waals surface area contributed by atoms with Gasteiger partial charge in [0.05, 0.1) is 0 Å². The molecule has 6 nitrogen and oxygen atoms in total. The van der Waals surface area contributed by atoms with Crippen molar-refractivity contribution in [3.63, 3.8) is 0 Å². The summed E-state index contributed by atoms with van der Waals surface area (Å²) in [6.45, 7) is 0. The second kappa shape index (κ2) is 4.63. The molecule has 0 fully saturated rings. The van der Waals surface area contributed by atoms with Gasteiger partial charge in [0.15, 0.2) is 6.23 Å². The quantitative estimate of drug-likeness (QED) is 0.584. The molecule has 7 heteroatoms. The first-order valence-corrected chi connectivity index (χ1v) is 5.10. The molecule has 1 aromatic carbocycles. The number of rotatable bonds is 2. The fourth-order valence-corrected chi connectivity index (χ4v) is 1.67. The molecule has 0 saturated heterocycles. The summed E-state index contributed by atoms with van der Waals surface area (Å²) < 4.78 is 12.8. The van der Waals surface area contributed by atoms with Crippen LogP contribution in [0.2, 0.25) is 0 Å². The van der Waals surface area contributed by atoms with Crippen molar-refractivity contribution in [2.75, 3.05) is 4.90 Å². The number of aliphatic carboxylic acids is 1. The molecule has 96 valence electrons. The van der Waals surface area contributed by atoms with Gasteiger partial charge in [-0.05, 0) is 24.3 Å². The van der Waals surface area contributed by atoms with Gasteiger partial charge in [0.2, 0.25) is 6.35 Å². The Hall–Kier alpha value is -2.12. The first-order valence-electron chi connectivity index (χ1n) is 5.10. The number of hydrogen-bond acceptors (Lipinski definition) is 5. The molecule has 0 saturated carbocycles. The molecule has 1 aliphatic heterocycles. The van der Waals surface area contributed by atoms with Gasteiger partial charge in [0.1, 0.15) is 11.4 Å². The molecule has 1 heterocycles. The average molecular weight is 254 g/mol. The molecule has 2 unspecified atom stereocenters. The van der Waals surface area contributed by atoms with Gasteiger partial charge in [-0.2, -0.15) is 0 Å². The Labute approximate surface area is 102 Å². The van der Waals surface area contributed by atoms with E-state index in [1.54, 1.807) is 0 Å². The molecule has 0 aromatic heterocycles. The summed E-state index contributed by atoms with van der Waals surface area (Å²) in [7, 11) is 0. The lowest BCUT2D eigenvalue weighted by Gasteiger charge is -2.37. The Kier molecular flexibility index (Phi) is 3.17. The highest BCUT2D eigenvalue weighted by Crippen LogP contribution is 2.23. The average Bonchev–Trinajstić information content (AvgIpc) is 2.31. The van der Waals surface area contributed by atoms with Crippen LogP contribution in [0.25, 0.3) is 0 Å². The smallest absolute Gasteiger partial charge is 0.337 e. The van der Waals surface area contributed by atoms with E-state index in [9.17, 15) is 19.4 Å². The van der Waals surface area contributed by atoms with Crippen molar-refractivity contribution in [2.24, 2.45) is 0 Å². The second-order valence-electron chi connectivity index (χ2n) is 3.70. The maximum Gasteiger partial charge on any atom is 0.337 e. The highest BCUT2D eigenvalue weighted by molar-refractivity contribution is 5.88. The van der Waals surface area contributed by atoms with E-state index in [1.807, 2.05) is 0 Å². The number of carboxylic acids is 1. The van der Waals surface area contributed by atoms with E-state index < -0.39 is 24.4 Å². The Morgan fingerprint density at radius 2 is 1.89 bits per heavy atom. The number of nitrogens with zero attached hydrogens (tertiary/aromatic N) is 1. The maximum atomic E-state index is 12.8. The highest BCUT2D eigenvalue weighted by Gasteiger charge is 2.33. The minimum Gasteiger partial charge on any atom is -0.478 e. The lowest BCUT2D eigenvalue weighted by atomic mass is 10.1. The second-order valence-corrected chi connectivity index (χ2v) is 3.70. The molecule has 2 atom stereocenters. The fourth-order valence-electron chi connectivity index (χ4n) is 1.67. The lowest BCUT2D eigenvalue weighted by molar-refractivity contribution is -0.134. The third-order valence-electron chi connectivity index (χ3n) is 2.56.